The molecule has 1 aliphatic rings. The monoisotopic (exact) mass is 373 g/mol. The summed E-state index contributed by atoms with van der Waals surface area (Å²) in [5.74, 6) is 2.01. The highest BCUT2D eigenvalue weighted by atomic mass is 32.2. The predicted octanol–water partition coefficient (Wildman–Crippen LogP) is 1.22. The summed E-state index contributed by atoms with van der Waals surface area (Å²) in [7, 11) is 0. The molecule has 3 aromatic rings. The molecular weight excluding hydrogens is 357 g/mol. The number of halogens is 1. The number of anilines is 1. The fourth-order valence-electron chi connectivity index (χ4n) is 2.89. The average Bonchev–Trinajstić information content (AvgIpc) is 2.67. The lowest BCUT2D eigenvalue weighted by atomic mass is 10.2. The molecule has 1 fully saturated rings. The molecule has 26 heavy (non-hydrogen) atoms. The zero-order chi connectivity index (χ0) is 18.1. The third kappa shape index (κ3) is 3.10. The van der Waals surface area contributed by atoms with Crippen LogP contribution in [0.4, 0.5) is 10.3 Å². The second kappa shape index (κ2) is 6.91. The Bertz CT molecular complexity index is 1070. The number of rotatable bonds is 3. The van der Waals surface area contributed by atoms with Crippen molar-refractivity contribution in [3.05, 3.63) is 62.7 Å². The molecule has 2 aromatic heterocycles. The van der Waals surface area contributed by atoms with Crippen molar-refractivity contribution in [1.82, 2.24) is 19.5 Å². The lowest BCUT2D eigenvalue weighted by Gasteiger charge is -2.26. The topological polar surface area (TPSA) is 83.9 Å². The van der Waals surface area contributed by atoms with E-state index in [2.05, 4.69) is 15.0 Å². The highest BCUT2D eigenvalue weighted by Gasteiger charge is 2.16. The number of hydrogen-bond donors (Lipinski definition) is 1. The van der Waals surface area contributed by atoms with Crippen molar-refractivity contribution in [1.29, 1.82) is 0 Å². The molecule has 0 saturated carbocycles. The zero-order valence-electron chi connectivity index (χ0n) is 13.8. The minimum absolute atomic E-state index is 0.151. The number of thioether (sulfide) groups is 1. The van der Waals surface area contributed by atoms with E-state index in [1.165, 1.54) is 12.3 Å². The quantitative estimate of drug-likeness (QED) is 0.743. The first-order chi connectivity index (χ1) is 12.6. The van der Waals surface area contributed by atoms with Gasteiger partial charge in [-0.2, -0.15) is 16.7 Å². The Morgan fingerprint density at radius 2 is 1.96 bits per heavy atom. The maximum absolute atomic E-state index is 13.9. The molecule has 1 N–H and O–H groups in total. The summed E-state index contributed by atoms with van der Waals surface area (Å²) in [5, 5.41) is 0.205. The van der Waals surface area contributed by atoms with Crippen molar-refractivity contribution in [2.75, 3.05) is 29.5 Å². The minimum Gasteiger partial charge on any atom is -0.339 e. The molecule has 0 aliphatic carbocycles. The van der Waals surface area contributed by atoms with Gasteiger partial charge in [0.1, 0.15) is 11.2 Å². The van der Waals surface area contributed by atoms with E-state index in [4.69, 9.17) is 0 Å². The molecule has 3 heterocycles. The van der Waals surface area contributed by atoms with E-state index in [-0.39, 0.29) is 23.1 Å². The van der Waals surface area contributed by atoms with E-state index < -0.39 is 17.1 Å². The standard InChI is InChI=1S/C17H16FN5O2S/c18-13-4-2-1-3-11(13)10-23-15(24)12-9-19-16(20-14(12)21-17(23)25)22-5-7-26-8-6-22/h1-4,9H,5-8,10H2,(H,19,20,21,25). The van der Waals surface area contributed by atoms with Crippen LogP contribution in [-0.2, 0) is 6.54 Å². The molecule has 0 radical (unpaired) electrons. The van der Waals surface area contributed by atoms with Crippen LogP contribution in [-0.4, -0.2) is 44.1 Å². The summed E-state index contributed by atoms with van der Waals surface area (Å²) in [6, 6.07) is 6.05. The molecule has 1 aliphatic heterocycles. The molecule has 0 amide bonds. The van der Waals surface area contributed by atoms with Crippen molar-refractivity contribution in [2.24, 2.45) is 0 Å². The van der Waals surface area contributed by atoms with Gasteiger partial charge < -0.3 is 4.90 Å². The number of nitrogens with one attached hydrogen (secondary N) is 1. The van der Waals surface area contributed by atoms with Crippen molar-refractivity contribution in [2.45, 2.75) is 6.54 Å². The lowest BCUT2D eigenvalue weighted by molar-refractivity contribution is 0.590. The molecule has 0 spiro atoms. The van der Waals surface area contributed by atoms with E-state index in [1.54, 1.807) is 18.2 Å². The van der Waals surface area contributed by atoms with Gasteiger partial charge in [-0.3, -0.25) is 14.3 Å². The van der Waals surface area contributed by atoms with E-state index in [1.807, 2.05) is 16.7 Å². The zero-order valence-corrected chi connectivity index (χ0v) is 14.6. The van der Waals surface area contributed by atoms with Crippen LogP contribution in [0.25, 0.3) is 11.0 Å². The van der Waals surface area contributed by atoms with E-state index in [0.717, 1.165) is 29.2 Å². The van der Waals surface area contributed by atoms with Crippen molar-refractivity contribution in [3.63, 3.8) is 0 Å². The molecule has 134 valence electrons. The molecule has 7 nitrogen and oxygen atoms in total. The smallest absolute Gasteiger partial charge is 0.330 e. The summed E-state index contributed by atoms with van der Waals surface area (Å²) >= 11 is 1.87. The Morgan fingerprint density at radius 1 is 1.19 bits per heavy atom. The van der Waals surface area contributed by atoms with Gasteiger partial charge in [0.2, 0.25) is 5.95 Å². The van der Waals surface area contributed by atoms with Crippen molar-refractivity contribution in [3.8, 4) is 0 Å². The van der Waals surface area contributed by atoms with Crippen molar-refractivity contribution < 1.29 is 4.39 Å². The Kier molecular flexibility index (Phi) is 4.46. The van der Waals surface area contributed by atoms with Gasteiger partial charge >= 0.3 is 5.69 Å². The average molecular weight is 373 g/mol. The first-order valence-corrected chi connectivity index (χ1v) is 9.35. The summed E-state index contributed by atoms with van der Waals surface area (Å²) in [5.41, 5.74) is -0.687. The number of benzene rings is 1. The summed E-state index contributed by atoms with van der Waals surface area (Å²) in [6.07, 6.45) is 1.43. The van der Waals surface area contributed by atoms with Gasteiger partial charge in [-0.05, 0) is 6.07 Å². The predicted molar refractivity (Wildman–Crippen MR) is 99.5 cm³/mol. The van der Waals surface area contributed by atoms with Crippen LogP contribution >= 0.6 is 11.8 Å². The van der Waals surface area contributed by atoms with Gasteiger partial charge in [0.05, 0.1) is 6.54 Å². The molecule has 1 aromatic carbocycles. The van der Waals surface area contributed by atoms with Gasteiger partial charge in [0.25, 0.3) is 5.56 Å². The first-order valence-electron chi connectivity index (χ1n) is 8.19. The SMILES string of the molecule is O=c1[nH]c2nc(N3CCSCC3)ncc2c(=O)n1Cc1ccccc1F. The normalized spacial score (nSPS) is 14.7. The molecular formula is C17H16FN5O2S. The van der Waals surface area contributed by atoms with Gasteiger partial charge in [0, 0.05) is 36.4 Å². The summed E-state index contributed by atoms with van der Waals surface area (Å²) < 4.78 is 14.8. The lowest BCUT2D eigenvalue weighted by Crippen LogP contribution is -2.37. The van der Waals surface area contributed by atoms with Crippen LogP contribution in [0.1, 0.15) is 5.56 Å². The van der Waals surface area contributed by atoms with Crippen LogP contribution in [0.2, 0.25) is 0 Å². The maximum Gasteiger partial charge on any atom is 0.330 e. The van der Waals surface area contributed by atoms with Gasteiger partial charge in [-0.25, -0.2) is 14.2 Å². The molecule has 9 heteroatoms. The number of aromatic amines is 1. The maximum atomic E-state index is 13.9. The number of nitrogens with zero attached hydrogens (tertiary/aromatic N) is 4. The highest BCUT2D eigenvalue weighted by molar-refractivity contribution is 7.99. The third-order valence-electron chi connectivity index (χ3n) is 4.30. The second-order valence-corrected chi connectivity index (χ2v) is 7.17. The van der Waals surface area contributed by atoms with E-state index >= 15 is 0 Å². The number of aromatic nitrogens is 4. The molecule has 0 bridgehead atoms. The Labute approximate surface area is 151 Å². The van der Waals surface area contributed by atoms with Crippen LogP contribution in [0, 0.1) is 5.82 Å². The minimum atomic E-state index is -0.621. The molecule has 1 saturated heterocycles. The Morgan fingerprint density at radius 3 is 2.73 bits per heavy atom. The Balaban J connectivity index is 1.76. The van der Waals surface area contributed by atoms with Crippen LogP contribution < -0.4 is 16.1 Å². The fourth-order valence-corrected chi connectivity index (χ4v) is 3.79. The third-order valence-corrected chi connectivity index (χ3v) is 5.24. The highest BCUT2D eigenvalue weighted by Crippen LogP contribution is 2.16. The second-order valence-electron chi connectivity index (χ2n) is 5.94. The van der Waals surface area contributed by atoms with Crippen molar-refractivity contribution >= 4 is 28.7 Å². The summed E-state index contributed by atoms with van der Waals surface area (Å²) in [4.78, 5) is 38.3. The van der Waals surface area contributed by atoms with Gasteiger partial charge in [-0.15, -0.1) is 0 Å². The van der Waals surface area contributed by atoms with Crippen LogP contribution in [0.5, 0.6) is 0 Å². The van der Waals surface area contributed by atoms with Crippen LogP contribution in [0.3, 0.4) is 0 Å². The van der Waals surface area contributed by atoms with E-state index in [9.17, 15) is 14.0 Å². The number of hydrogen-bond acceptors (Lipinski definition) is 6. The molecule has 0 unspecified atom stereocenters. The van der Waals surface area contributed by atoms with Crippen LogP contribution in [0.15, 0.2) is 40.1 Å². The van der Waals surface area contributed by atoms with E-state index in [0.29, 0.717) is 5.95 Å². The molecule has 0 atom stereocenters. The van der Waals surface area contributed by atoms with Gasteiger partial charge in [-0.1, -0.05) is 18.2 Å². The summed E-state index contributed by atoms with van der Waals surface area (Å²) in [6.45, 7) is 1.50. The van der Waals surface area contributed by atoms with Gasteiger partial charge in [0.15, 0.2) is 5.65 Å². The fraction of sp³-hybridized carbons (Fsp3) is 0.294. The molecule has 4 rings (SSSR count). The largest absolute Gasteiger partial charge is 0.339 e. The number of H-pyrrole nitrogens is 1. The Hall–Kier alpha value is -2.68. The number of fused-ring (bicyclic) bond motifs is 1. The first kappa shape index (κ1) is 16.8.